The van der Waals surface area contributed by atoms with E-state index in [1.54, 1.807) is 11.3 Å². The first-order chi connectivity index (χ1) is 10.8. The molecule has 0 atom stereocenters. The van der Waals surface area contributed by atoms with Gasteiger partial charge in [-0.2, -0.15) is 0 Å². The third-order valence-corrected chi connectivity index (χ3v) is 4.61. The molecule has 22 heavy (non-hydrogen) atoms. The summed E-state index contributed by atoms with van der Waals surface area (Å²) in [6.07, 6.45) is 3.03. The van der Waals surface area contributed by atoms with Gasteiger partial charge in [-0.3, -0.25) is 0 Å². The van der Waals surface area contributed by atoms with E-state index in [4.69, 9.17) is 0 Å². The molecule has 0 fully saturated rings. The Hall–Kier alpha value is -1.97. The van der Waals surface area contributed by atoms with Crippen molar-refractivity contribution in [3.63, 3.8) is 0 Å². The lowest BCUT2D eigenvalue weighted by Gasteiger charge is -2.02. The van der Waals surface area contributed by atoms with Crippen LogP contribution in [0.3, 0.4) is 0 Å². The van der Waals surface area contributed by atoms with Crippen molar-refractivity contribution < 1.29 is 0 Å². The summed E-state index contributed by atoms with van der Waals surface area (Å²) in [5, 5.41) is 4.62. The topological polar surface area (TPSA) is 24.9 Å². The van der Waals surface area contributed by atoms with Crippen LogP contribution in [0.15, 0.2) is 60.8 Å². The molecule has 2 aromatic carbocycles. The maximum atomic E-state index is 4.52. The Kier molecular flexibility index (Phi) is 4.99. The van der Waals surface area contributed by atoms with E-state index in [9.17, 15) is 0 Å². The molecular formula is C19H20N2S. The second kappa shape index (κ2) is 7.34. The standard InChI is InChI=1S/C19H20N2S/c1-15-6-5-9-17(12-15)18-13-21-19(22-18)14-20-11-10-16-7-3-2-4-8-16/h2-9,12-13,20H,10-11,14H2,1H3. The van der Waals surface area contributed by atoms with Gasteiger partial charge in [0, 0.05) is 12.7 Å². The summed E-state index contributed by atoms with van der Waals surface area (Å²) in [7, 11) is 0. The number of nitrogens with zero attached hydrogens (tertiary/aromatic N) is 1. The van der Waals surface area contributed by atoms with Crippen LogP contribution < -0.4 is 5.32 Å². The van der Waals surface area contributed by atoms with Crippen molar-refractivity contribution in [1.29, 1.82) is 0 Å². The van der Waals surface area contributed by atoms with Gasteiger partial charge in [0.1, 0.15) is 5.01 Å². The number of hydrogen-bond acceptors (Lipinski definition) is 3. The number of hydrogen-bond donors (Lipinski definition) is 1. The predicted molar refractivity (Wildman–Crippen MR) is 94.1 cm³/mol. The molecule has 1 heterocycles. The van der Waals surface area contributed by atoms with Crippen LogP contribution in [0.2, 0.25) is 0 Å². The molecule has 3 rings (SSSR count). The maximum Gasteiger partial charge on any atom is 0.107 e. The van der Waals surface area contributed by atoms with Crippen molar-refractivity contribution in [3.05, 3.63) is 76.9 Å². The van der Waals surface area contributed by atoms with E-state index in [2.05, 4.69) is 71.8 Å². The minimum absolute atomic E-state index is 0.837. The average molecular weight is 308 g/mol. The van der Waals surface area contributed by atoms with Crippen LogP contribution in [-0.4, -0.2) is 11.5 Å². The lowest BCUT2D eigenvalue weighted by Crippen LogP contribution is -2.16. The van der Waals surface area contributed by atoms with Crippen molar-refractivity contribution in [2.24, 2.45) is 0 Å². The quantitative estimate of drug-likeness (QED) is 0.680. The van der Waals surface area contributed by atoms with Gasteiger partial charge in [-0.1, -0.05) is 60.2 Å². The Balaban J connectivity index is 1.52. The first-order valence-corrected chi connectivity index (χ1v) is 8.39. The molecule has 2 nitrogen and oxygen atoms in total. The third-order valence-electron chi connectivity index (χ3n) is 3.57. The second-order valence-electron chi connectivity index (χ2n) is 5.40. The van der Waals surface area contributed by atoms with Crippen molar-refractivity contribution in [2.75, 3.05) is 6.54 Å². The fourth-order valence-corrected chi connectivity index (χ4v) is 3.28. The lowest BCUT2D eigenvalue weighted by molar-refractivity contribution is 0.684. The van der Waals surface area contributed by atoms with Crippen molar-refractivity contribution in [3.8, 4) is 10.4 Å². The summed E-state index contributed by atoms with van der Waals surface area (Å²) < 4.78 is 0. The normalized spacial score (nSPS) is 10.8. The van der Waals surface area contributed by atoms with E-state index in [0.29, 0.717) is 0 Å². The van der Waals surface area contributed by atoms with E-state index in [1.165, 1.54) is 21.6 Å². The second-order valence-corrected chi connectivity index (χ2v) is 6.52. The van der Waals surface area contributed by atoms with Crippen LogP contribution in [0.25, 0.3) is 10.4 Å². The summed E-state index contributed by atoms with van der Waals surface area (Å²) in [4.78, 5) is 5.76. The third kappa shape index (κ3) is 4.03. The van der Waals surface area contributed by atoms with Crippen molar-refractivity contribution >= 4 is 11.3 Å². The Bertz CT molecular complexity index is 719. The number of benzene rings is 2. The van der Waals surface area contributed by atoms with Crippen LogP contribution >= 0.6 is 11.3 Å². The number of rotatable bonds is 6. The number of thiazole rings is 1. The molecule has 0 amide bonds. The number of nitrogens with one attached hydrogen (secondary N) is 1. The first kappa shape index (κ1) is 14.9. The molecule has 0 unspecified atom stereocenters. The van der Waals surface area contributed by atoms with Gasteiger partial charge in [0.05, 0.1) is 4.88 Å². The van der Waals surface area contributed by atoms with Crippen LogP contribution in [0.5, 0.6) is 0 Å². The summed E-state index contributed by atoms with van der Waals surface area (Å²) >= 11 is 1.77. The van der Waals surface area contributed by atoms with E-state index in [1.807, 2.05) is 6.20 Å². The van der Waals surface area contributed by atoms with Gasteiger partial charge in [0.15, 0.2) is 0 Å². The van der Waals surface area contributed by atoms with Crippen LogP contribution in [0, 0.1) is 6.92 Å². The van der Waals surface area contributed by atoms with Gasteiger partial charge in [0.2, 0.25) is 0 Å². The predicted octanol–water partition coefficient (Wildman–Crippen LogP) is 4.45. The van der Waals surface area contributed by atoms with Crippen LogP contribution in [0.1, 0.15) is 16.1 Å². The zero-order chi connectivity index (χ0) is 15.2. The van der Waals surface area contributed by atoms with E-state index in [-0.39, 0.29) is 0 Å². The molecule has 1 N–H and O–H groups in total. The molecule has 0 saturated heterocycles. The minimum Gasteiger partial charge on any atom is -0.310 e. The minimum atomic E-state index is 0.837. The summed E-state index contributed by atoms with van der Waals surface area (Å²) in [6.45, 7) is 3.93. The van der Waals surface area contributed by atoms with Gasteiger partial charge < -0.3 is 5.32 Å². The van der Waals surface area contributed by atoms with Crippen LogP contribution in [-0.2, 0) is 13.0 Å². The van der Waals surface area contributed by atoms with E-state index >= 15 is 0 Å². The highest BCUT2D eigenvalue weighted by atomic mass is 32.1. The smallest absolute Gasteiger partial charge is 0.107 e. The number of aromatic nitrogens is 1. The molecule has 1 aromatic heterocycles. The molecule has 0 spiro atoms. The van der Waals surface area contributed by atoms with Gasteiger partial charge in [0.25, 0.3) is 0 Å². The fraction of sp³-hybridized carbons (Fsp3) is 0.211. The highest BCUT2D eigenvalue weighted by Crippen LogP contribution is 2.26. The highest BCUT2D eigenvalue weighted by molar-refractivity contribution is 7.15. The van der Waals surface area contributed by atoms with Gasteiger partial charge in [-0.15, -0.1) is 11.3 Å². The lowest BCUT2D eigenvalue weighted by atomic mass is 10.1. The Morgan fingerprint density at radius 1 is 1.05 bits per heavy atom. The van der Waals surface area contributed by atoms with Crippen molar-refractivity contribution in [1.82, 2.24) is 10.3 Å². The summed E-state index contributed by atoms with van der Waals surface area (Å²) in [5.41, 5.74) is 3.91. The van der Waals surface area contributed by atoms with Gasteiger partial charge in [-0.25, -0.2) is 4.98 Å². The largest absolute Gasteiger partial charge is 0.310 e. The number of aryl methyl sites for hydroxylation is 1. The average Bonchev–Trinajstić information content (AvgIpc) is 3.02. The first-order valence-electron chi connectivity index (χ1n) is 7.57. The molecule has 0 radical (unpaired) electrons. The molecule has 0 bridgehead atoms. The van der Waals surface area contributed by atoms with Crippen molar-refractivity contribution in [2.45, 2.75) is 19.9 Å². The SMILES string of the molecule is Cc1cccc(-c2cnc(CNCCc3ccccc3)s2)c1. The molecule has 0 aliphatic heterocycles. The molecule has 112 valence electrons. The molecule has 0 aliphatic rings. The fourth-order valence-electron chi connectivity index (χ4n) is 2.40. The molecule has 3 heteroatoms. The zero-order valence-corrected chi connectivity index (χ0v) is 13.6. The maximum absolute atomic E-state index is 4.52. The zero-order valence-electron chi connectivity index (χ0n) is 12.8. The van der Waals surface area contributed by atoms with Crippen LogP contribution in [0.4, 0.5) is 0 Å². The molecular weight excluding hydrogens is 288 g/mol. The van der Waals surface area contributed by atoms with E-state index in [0.717, 1.165) is 24.5 Å². The summed E-state index contributed by atoms with van der Waals surface area (Å²) in [5.74, 6) is 0. The Morgan fingerprint density at radius 2 is 1.91 bits per heavy atom. The Labute approximate surface area is 135 Å². The highest BCUT2D eigenvalue weighted by Gasteiger charge is 2.04. The molecule has 3 aromatic rings. The monoisotopic (exact) mass is 308 g/mol. The Morgan fingerprint density at radius 3 is 2.73 bits per heavy atom. The van der Waals surface area contributed by atoms with Gasteiger partial charge >= 0.3 is 0 Å². The van der Waals surface area contributed by atoms with Gasteiger partial charge in [-0.05, 0) is 31.0 Å². The van der Waals surface area contributed by atoms with E-state index < -0.39 is 0 Å². The summed E-state index contributed by atoms with van der Waals surface area (Å²) in [6, 6.07) is 19.1. The molecule has 0 aliphatic carbocycles. The molecule has 0 saturated carbocycles.